The first kappa shape index (κ1) is 23.2. The van der Waals surface area contributed by atoms with Crippen LogP contribution in [-0.2, 0) is 13.0 Å². The molecule has 3 rings (SSSR count). The molecule has 2 N–H and O–H groups in total. The second kappa shape index (κ2) is 13.1. The fourth-order valence-electron chi connectivity index (χ4n) is 3.58. The third kappa shape index (κ3) is 9.07. The topological polar surface area (TPSA) is 49.4 Å². The van der Waals surface area contributed by atoms with E-state index in [1.54, 1.807) is 0 Å². The highest BCUT2D eigenvalue weighted by molar-refractivity contribution is 7.80. The van der Waals surface area contributed by atoms with Crippen LogP contribution in [0, 0.1) is 6.92 Å². The standard InChI is InChI=1S/C25H34N4OS/c1-21-7-9-22(10-8-21)11-15-28-25(31)27-13-3-6-18-30-24-19-23(12-14-26-24)20-29-16-4-2-5-17-29/h3,6-10,12,14,19H,2,4-5,11,13,15-18,20H2,1H3,(H2,27,28,31)/b6-3-. The molecule has 0 aliphatic carbocycles. The number of hydrogen-bond acceptors (Lipinski definition) is 4. The Morgan fingerprint density at radius 2 is 1.87 bits per heavy atom. The molecule has 1 fully saturated rings. The number of pyridine rings is 1. The minimum atomic E-state index is 0.495. The van der Waals surface area contributed by atoms with E-state index in [1.165, 1.54) is 49.0 Å². The molecule has 0 atom stereocenters. The highest BCUT2D eigenvalue weighted by atomic mass is 32.1. The molecule has 1 aromatic heterocycles. The molecule has 1 aromatic carbocycles. The van der Waals surface area contributed by atoms with Crippen molar-refractivity contribution < 1.29 is 4.74 Å². The van der Waals surface area contributed by atoms with E-state index in [1.807, 2.05) is 24.4 Å². The van der Waals surface area contributed by atoms with Gasteiger partial charge in [0.1, 0.15) is 6.61 Å². The van der Waals surface area contributed by atoms with E-state index in [0.29, 0.717) is 24.1 Å². The van der Waals surface area contributed by atoms with Gasteiger partial charge in [0.2, 0.25) is 5.88 Å². The summed E-state index contributed by atoms with van der Waals surface area (Å²) in [5.41, 5.74) is 3.86. The maximum atomic E-state index is 5.77. The number of benzene rings is 1. The maximum Gasteiger partial charge on any atom is 0.213 e. The van der Waals surface area contributed by atoms with Crippen molar-refractivity contribution in [3.63, 3.8) is 0 Å². The van der Waals surface area contributed by atoms with Crippen molar-refractivity contribution in [1.29, 1.82) is 0 Å². The Morgan fingerprint density at radius 1 is 1.06 bits per heavy atom. The second-order valence-corrected chi connectivity index (χ2v) is 8.40. The summed E-state index contributed by atoms with van der Waals surface area (Å²) in [5, 5.41) is 7.10. The molecule has 2 heterocycles. The van der Waals surface area contributed by atoms with Crippen molar-refractivity contribution in [1.82, 2.24) is 20.5 Å². The molecular weight excluding hydrogens is 404 g/mol. The predicted molar refractivity (Wildman–Crippen MR) is 131 cm³/mol. The Hall–Kier alpha value is -2.44. The minimum Gasteiger partial charge on any atom is -0.473 e. The summed E-state index contributed by atoms with van der Waals surface area (Å²) in [5.74, 6) is 0.681. The monoisotopic (exact) mass is 438 g/mol. The van der Waals surface area contributed by atoms with Crippen molar-refractivity contribution in [2.24, 2.45) is 0 Å². The number of aromatic nitrogens is 1. The van der Waals surface area contributed by atoms with Crippen molar-refractivity contribution >= 4 is 17.3 Å². The van der Waals surface area contributed by atoms with E-state index in [4.69, 9.17) is 17.0 Å². The number of piperidine rings is 1. The Bertz CT molecular complexity index is 832. The largest absolute Gasteiger partial charge is 0.473 e. The van der Waals surface area contributed by atoms with Crippen LogP contribution in [0.4, 0.5) is 0 Å². The van der Waals surface area contributed by atoms with Crippen molar-refractivity contribution in [3.05, 3.63) is 71.4 Å². The molecule has 166 valence electrons. The van der Waals surface area contributed by atoms with Crippen LogP contribution in [0.1, 0.15) is 36.0 Å². The van der Waals surface area contributed by atoms with Crippen LogP contribution in [0.3, 0.4) is 0 Å². The zero-order valence-corrected chi connectivity index (χ0v) is 19.3. The molecule has 1 saturated heterocycles. The van der Waals surface area contributed by atoms with E-state index < -0.39 is 0 Å². The minimum absolute atomic E-state index is 0.495. The lowest BCUT2D eigenvalue weighted by atomic mass is 10.1. The van der Waals surface area contributed by atoms with Gasteiger partial charge in [0.15, 0.2) is 5.11 Å². The van der Waals surface area contributed by atoms with E-state index in [-0.39, 0.29) is 0 Å². The average Bonchev–Trinajstić information content (AvgIpc) is 2.78. The Kier molecular flexibility index (Phi) is 9.80. The van der Waals surface area contributed by atoms with E-state index in [0.717, 1.165) is 19.5 Å². The quantitative estimate of drug-likeness (QED) is 0.432. The number of nitrogens with one attached hydrogen (secondary N) is 2. The van der Waals surface area contributed by atoms with Gasteiger partial charge in [-0.25, -0.2) is 4.98 Å². The molecule has 0 saturated carbocycles. The molecule has 0 amide bonds. The molecule has 6 heteroatoms. The first-order valence-electron chi connectivity index (χ1n) is 11.2. The van der Waals surface area contributed by atoms with Gasteiger partial charge in [0.25, 0.3) is 0 Å². The van der Waals surface area contributed by atoms with Gasteiger partial charge < -0.3 is 15.4 Å². The summed E-state index contributed by atoms with van der Waals surface area (Å²) in [6.45, 7) is 7.45. The third-order valence-electron chi connectivity index (χ3n) is 5.35. The van der Waals surface area contributed by atoms with E-state index in [9.17, 15) is 0 Å². The molecule has 31 heavy (non-hydrogen) atoms. The van der Waals surface area contributed by atoms with Crippen LogP contribution in [0.5, 0.6) is 5.88 Å². The first-order chi connectivity index (χ1) is 15.2. The van der Waals surface area contributed by atoms with Gasteiger partial charge in [-0.05, 0) is 74.8 Å². The molecule has 2 aromatic rings. The number of likely N-dealkylation sites (tertiary alicyclic amines) is 1. The zero-order chi connectivity index (χ0) is 21.7. The molecular formula is C25H34N4OS. The number of thiocarbonyl (C=S) groups is 1. The Morgan fingerprint density at radius 3 is 2.68 bits per heavy atom. The van der Waals surface area contributed by atoms with Crippen LogP contribution in [0.15, 0.2) is 54.7 Å². The number of ether oxygens (including phenoxy) is 1. The zero-order valence-electron chi connectivity index (χ0n) is 18.5. The summed E-state index contributed by atoms with van der Waals surface area (Å²) >= 11 is 5.32. The van der Waals surface area contributed by atoms with Crippen molar-refractivity contribution in [3.8, 4) is 5.88 Å². The SMILES string of the molecule is Cc1ccc(CCNC(=S)NC/C=C\COc2cc(CN3CCCCC3)ccn2)cc1. The van der Waals surface area contributed by atoms with Crippen molar-refractivity contribution in [2.45, 2.75) is 39.2 Å². The summed E-state index contributed by atoms with van der Waals surface area (Å²) < 4.78 is 5.77. The molecule has 0 bridgehead atoms. The summed E-state index contributed by atoms with van der Waals surface area (Å²) in [6.07, 6.45) is 10.8. The third-order valence-corrected chi connectivity index (χ3v) is 5.64. The highest BCUT2D eigenvalue weighted by Gasteiger charge is 2.10. The second-order valence-electron chi connectivity index (χ2n) is 7.99. The summed E-state index contributed by atoms with van der Waals surface area (Å²) in [4.78, 5) is 6.83. The van der Waals surface area contributed by atoms with E-state index in [2.05, 4.69) is 57.8 Å². The number of aryl methyl sites for hydroxylation is 1. The lowest BCUT2D eigenvalue weighted by Gasteiger charge is -2.26. The van der Waals surface area contributed by atoms with Gasteiger partial charge in [0, 0.05) is 31.9 Å². The van der Waals surface area contributed by atoms with Crippen LogP contribution >= 0.6 is 12.2 Å². The molecule has 1 aliphatic heterocycles. The average molecular weight is 439 g/mol. The highest BCUT2D eigenvalue weighted by Crippen LogP contribution is 2.15. The number of rotatable bonds is 10. The van der Waals surface area contributed by atoms with Gasteiger partial charge in [0.05, 0.1) is 0 Å². The lowest BCUT2D eigenvalue weighted by Crippen LogP contribution is -2.36. The normalized spacial score (nSPS) is 14.5. The van der Waals surface area contributed by atoms with Crippen LogP contribution in [0.25, 0.3) is 0 Å². The fraction of sp³-hybridized carbons (Fsp3) is 0.440. The van der Waals surface area contributed by atoms with Gasteiger partial charge in [-0.2, -0.15) is 0 Å². The maximum absolute atomic E-state index is 5.77. The summed E-state index contributed by atoms with van der Waals surface area (Å²) in [6, 6.07) is 12.7. The van der Waals surface area contributed by atoms with Crippen LogP contribution < -0.4 is 15.4 Å². The van der Waals surface area contributed by atoms with E-state index >= 15 is 0 Å². The number of hydrogen-bond donors (Lipinski definition) is 2. The summed E-state index contributed by atoms with van der Waals surface area (Å²) in [7, 11) is 0. The molecule has 0 unspecified atom stereocenters. The molecule has 0 spiro atoms. The smallest absolute Gasteiger partial charge is 0.213 e. The van der Waals surface area contributed by atoms with Crippen molar-refractivity contribution in [2.75, 3.05) is 32.8 Å². The molecule has 5 nitrogen and oxygen atoms in total. The predicted octanol–water partition coefficient (Wildman–Crippen LogP) is 4.02. The van der Waals surface area contributed by atoms with Crippen LogP contribution in [-0.4, -0.2) is 47.8 Å². The van der Waals surface area contributed by atoms with Crippen LogP contribution in [0.2, 0.25) is 0 Å². The lowest BCUT2D eigenvalue weighted by molar-refractivity contribution is 0.220. The molecule has 0 radical (unpaired) electrons. The molecule has 1 aliphatic rings. The Balaban J connectivity index is 1.27. The first-order valence-corrected chi connectivity index (χ1v) is 11.6. The van der Waals surface area contributed by atoms with Gasteiger partial charge in [-0.1, -0.05) is 42.3 Å². The van der Waals surface area contributed by atoms with Gasteiger partial charge in [-0.3, -0.25) is 4.90 Å². The Labute approximate surface area is 191 Å². The fourth-order valence-corrected chi connectivity index (χ4v) is 3.76. The van der Waals surface area contributed by atoms with Gasteiger partial charge in [-0.15, -0.1) is 0 Å². The number of nitrogens with zero attached hydrogens (tertiary/aromatic N) is 2. The van der Waals surface area contributed by atoms with Gasteiger partial charge >= 0.3 is 0 Å².